The smallest absolute Gasteiger partial charge is 0.191 e. The first-order valence-electron chi connectivity index (χ1n) is 8.92. The topological polar surface area (TPSA) is 48.9 Å². The van der Waals surface area contributed by atoms with E-state index in [4.69, 9.17) is 4.74 Å². The summed E-state index contributed by atoms with van der Waals surface area (Å²) in [6.07, 6.45) is 6.47. The van der Waals surface area contributed by atoms with Crippen LogP contribution >= 0.6 is 0 Å². The van der Waals surface area contributed by atoms with Crippen molar-refractivity contribution in [3.05, 3.63) is 29.8 Å². The molecule has 1 saturated carbocycles. The molecule has 0 bridgehead atoms. The number of methoxy groups -OCH3 is 1. The lowest BCUT2D eigenvalue weighted by molar-refractivity contribution is 0.287. The zero-order chi connectivity index (χ0) is 17.4. The van der Waals surface area contributed by atoms with Crippen LogP contribution in [-0.4, -0.2) is 51.7 Å². The van der Waals surface area contributed by atoms with E-state index in [9.17, 15) is 0 Å². The summed E-state index contributed by atoms with van der Waals surface area (Å²) in [4.78, 5) is 6.60. The number of benzene rings is 1. The molecule has 24 heavy (non-hydrogen) atoms. The quantitative estimate of drug-likeness (QED) is 0.621. The van der Waals surface area contributed by atoms with E-state index in [-0.39, 0.29) is 6.04 Å². The molecule has 1 aromatic carbocycles. The third-order valence-corrected chi connectivity index (χ3v) is 4.75. The van der Waals surface area contributed by atoms with E-state index in [0.717, 1.165) is 18.3 Å². The van der Waals surface area contributed by atoms with Crippen LogP contribution in [0, 0.1) is 0 Å². The van der Waals surface area contributed by atoms with Crippen LogP contribution in [-0.2, 0) is 0 Å². The molecule has 1 aliphatic rings. The highest BCUT2D eigenvalue weighted by Crippen LogP contribution is 2.27. The van der Waals surface area contributed by atoms with Gasteiger partial charge < -0.3 is 20.3 Å². The van der Waals surface area contributed by atoms with E-state index in [1.165, 1.54) is 37.7 Å². The van der Waals surface area contributed by atoms with Crippen molar-refractivity contribution in [1.29, 1.82) is 0 Å². The molecule has 134 valence electrons. The second kappa shape index (κ2) is 9.52. The summed E-state index contributed by atoms with van der Waals surface area (Å²) >= 11 is 0. The lowest BCUT2D eigenvalue weighted by atomic mass is 9.96. The number of nitrogens with one attached hydrogen (secondary N) is 2. The summed E-state index contributed by atoms with van der Waals surface area (Å²) in [6.45, 7) is 0.778. The molecule has 0 spiro atoms. The Morgan fingerprint density at radius 2 is 1.96 bits per heavy atom. The fraction of sp³-hybridized carbons (Fsp3) is 0.632. The highest BCUT2D eigenvalue weighted by molar-refractivity contribution is 5.80. The molecule has 1 fully saturated rings. The number of guanidine groups is 1. The van der Waals surface area contributed by atoms with E-state index in [0.29, 0.717) is 6.04 Å². The van der Waals surface area contributed by atoms with Gasteiger partial charge in [-0.05, 0) is 33.0 Å². The molecule has 0 aliphatic heterocycles. The van der Waals surface area contributed by atoms with Gasteiger partial charge in [0.05, 0.1) is 13.2 Å². The van der Waals surface area contributed by atoms with Crippen molar-refractivity contribution < 1.29 is 4.74 Å². The SMILES string of the molecule is CN=C(NCC(c1ccccc1OC)N(C)C)NC1CCCCC1. The summed E-state index contributed by atoms with van der Waals surface area (Å²) in [5.74, 6) is 1.82. The third kappa shape index (κ3) is 5.13. The Balaban J connectivity index is 1.99. The number of ether oxygens (including phenoxy) is 1. The maximum atomic E-state index is 5.53. The average Bonchev–Trinajstić information content (AvgIpc) is 2.61. The molecule has 0 heterocycles. The molecule has 1 aromatic rings. The Bertz CT molecular complexity index is 524. The van der Waals surface area contributed by atoms with E-state index < -0.39 is 0 Å². The maximum Gasteiger partial charge on any atom is 0.191 e. The number of hydrogen-bond donors (Lipinski definition) is 2. The van der Waals surface area contributed by atoms with Crippen molar-refractivity contribution in [2.24, 2.45) is 4.99 Å². The van der Waals surface area contributed by atoms with Crippen LogP contribution in [0.25, 0.3) is 0 Å². The largest absolute Gasteiger partial charge is 0.496 e. The lowest BCUT2D eigenvalue weighted by Gasteiger charge is -2.29. The molecule has 5 heteroatoms. The molecule has 1 aliphatic carbocycles. The Hall–Kier alpha value is -1.75. The number of aliphatic imine (C=N–C) groups is 1. The van der Waals surface area contributed by atoms with Crippen molar-refractivity contribution in [3.8, 4) is 5.75 Å². The Labute approximate surface area is 146 Å². The highest BCUT2D eigenvalue weighted by Gasteiger charge is 2.19. The molecule has 1 atom stereocenters. The molecule has 0 amide bonds. The minimum Gasteiger partial charge on any atom is -0.496 e. The van der Waals surface area contributed by atoms with Gasteiger partial charge in [-0.2, -0.15) is 0 Å². The van der Waals surface area contributed by atoms with E-state index in [1.807, 2.05) is 19.2 Å². The van der Waals surface area contributed by atoms with Crippen LogP contribution in [0.4, 0.5) is 0 Å². The lowest BCUT2D eigenvalue weighted by Crippen LogP contribution is -2.46. The number of rotatable bonds is 6. The van der Waals surface area contributed by atoms with Gasteiger partial charge in [0, 0.05) is 25.2 Å². The number of para-hydroxylation sites is 1. The molecule has 2 rings (SSSR count). The van der Waals surface area contributed by atoms with Gasteiger partial charge in [-0.1, -0.05) is 37.5 Å². The minimum atomic E-state index is 0.214. The van der Waals surface area contributed by atoms with Gasteiger partial charge in [-0.15, -0.1) is 0 Å². The summed E-state index contributed by atoms with van der Waals surface area (Å²) < 4.78 is 5.53. The van der Waals surface area contributed by atoms with E-state index >= 15 is 0 Å². The molecule has 0 aromatic heterocycles. The molecular formula is C19H32N4O. The van der Waals surface area contributed by atoms with Crippen LogP contribution in [0.3, 0.4) is 0 Å². The van der Waals surface area contributed by atoms with E-state index in [2.05, 4.69) is 46.8 Å². The Morgan fingerprint density at radius 3 is 2.58 bits per heavy atom. The normalized spacial score (nSPS) is 17.6. The summed E-state index contributed by atoms with van der Waals surface area (Å²) in [5.41, 5.74) is 1.19. The first-order chi connectivity index (χ1) is 11.7. The van der Waals surface area contributed by atoms with Crippen LogP contribution < -0.4 is 15.4 Å². The summed E-state index contributed by atoms with van der Waals surface area (Å²) in [5, 5.41) is 7.06. The van der Waals surface area contributed by atoms with Crippen molar-refractivity contribution in [3.63, 3.8) is 0 Å². The second-order valence-corrected chi connectivity index (χ2v) is 6.65. The van der Waals surface area contributed by atoms with Gasteiger partial charge in [0.1, 0.15) is 5.75 Å². The van der Waals surface area contributed by atoms with Gasteiger partial charge in [0.2, 0.25) is 0 Å². The van der Waals surface area contributed by atoms with Gasteiger partial charge in [0.25, 0.3) is 0 Å². The summed E-state index contributed by atoms with van der Waals surface area (Å²) in [6, 6.07) is 8.97. The minimum absolute atomic E-state index is 0.214. The van der Waals surface area contributed by atoms with E-state index in [1.54, 1.807) is 7.11 Å². The Kier molecular flexibility index (Phi) is 7.37. The molecule has 0 saturated heterocycles. The zero-order valence-corrected chi connectivity index (χ0v) is 15.5. The Morgan fingerprint density at radius 1 is 1.25 bits per heavy atom. The molecule has 1 unspecified atom stereocenters. The van der Waals surface area contributed by atoms with Gasteiger partial charge in [0.15, 0.2) is 5.96 Å². The zero-order valence-electron chi connectivity index (χ0n) is 15.5. The predicted octanol–water partition coefficient (Wildman–Crippen LogP) is 2.80. The number of nitrogens with zero attached hydrogens (tertiary/aromatic N) is 2. The first-order valence-corrected chi connectivity index (χ1v) is 8.92. The fourth-order valence-electron chi connectivity index (χ4n) is 3.34. The summed E-state index contributed by atoms with van der Waals surface area (Å²) in [7, 11) is 7.75. The van der Waals surface area contributed by atoms with Gasteiger partial charge in [-0.25, -0.2) is 0 Å². The van der Waals surface area contributed by atoms with Gasteiger partial charge >= 0.3 is 0 Å². The second-order valence-electron chi connectivity index (χ2n) is 6.65. The standard InChI is InChI=1S/C19H32N4O/c1-20-19(22-15-10-6-5-7-11-15)21-14-17(23(2)3)16-12-8-9-13-18(16)24-4/h8-9,12-13,15,17H,5-7,10-11,14H2,1-4H3,(H2,20,21,22). The van der Waals surface area contributed by atoms with Crippen LogP contribution in [0.15, 0.2) is 29.3 Å². The monoisotopic (exact) mass is 332 g/mol. The average molecular weight is 332 g/mol. The van der Waals surface area contributed by atoms with Crippen molar-refractivity contribution in [2.45, 2.75) is 44.2 Å². The number of hydrogen-bond acceptors (Lipinski definition) is 3. The van der Waals surface area contributed by atoms with Crippen molar-refractivity contribution in [2.75, 3.05) is 34.8 Å². The third-order valence-electron chi connectivity index (χ3n) is 4.75. The van der Waals surface area contributed by atoms with Crippen LogP contribution in [0.1, 0.15) is 43.7 Å². The molecule has 5 nitrogen and oxygen atoms in total. The van der Waals surface area contributed by atoms with Crippen LogP contribution in [0.2, 0.25) is 0 Å². The maximum absolute atomic E-state index is 5.53. The molecule has 2 N–H and O–H groups in total. The molecular weight excluding hydrogens is 300 g/mol. The van der Waals surface area contributed by atoms with Crippen molar-refractivity contribution >= 4 is 5.96 Å². The molecule has 0 radical (unpaired) electrons. The highest BCUT2D eigenvalue weighted by atomic mass is 16.5. The van der Waals surface area contributed by atoms with Gasteiger partial charge in [-0.3, -0.25) is 4.99 Å². The van der Waals surface area contributed by atoms with Crippen LogP contribution in [0.5, 0.6) is 5.75 Å². The fourth-order valence-corrected chi connectivity index (χ4v) is 3.34. The number of likely N-dealkylation sites (N-methyl/N-ethyl adjacent to an activating group) is 1. The van der Waals surface area contributed by atoms with Crippen molar-refractivity contribution in [1.82, 2.24) is 15.5 Å². The predicted molar refractivity (Wildman–Crippen MR) is 101 cm³/mol. The first kappa shape index (κ1) is 18.6.